The Morgan fingerprint density at radius 2 is 1.94 bits per heavy atom. The van der Waals surface area contributed by atoms with Crippen molar-refractivity contribution in [1.29, 1.82) is 0 Å². The van der Waals surface area contributed by atoms with Crippen LogP contribution in [0.2, 0.25) is 0 Å². The molecule has 8 nitrogen and oxygen atoms in total. The Morgan fingerprint density at radius 1 is 1.22 bits per heavy atom. The van der Waals surface area contributed by atoms with Crippen LogP contribution in [0.15, 0.2) is 23.5 Å². The quantitative estimate of drug-likeness (QED) is 0.349. The molecule has 1 aliphatic carbocycles. The number of carbonyl (C=O) groups is 1. The molecule has 0 bridgehead atoms. The number of oxime groups is 1. The summed E-state index contributed by atoms with van der Waals surface area (Å²) in [5, 5.41) is 25.0. The fraction of sp³-hybridized carbons (Fsp3) is 0.625. The van der Waals surface area contributed by atoms with Gasteiger partial charge in [-0.1, -0.05) is 19.0 Å². The van der Waals surface area contributed by atoms with Crippen molar-refractivity contribution in [3.05, 3.63) is 29.6 Å². The highest BCUT2D eigenvalue weighted by molar-refractivity contribution is 5.99. The summed E-state index contributed by atoms with van der Waals surface area (Å²) in [5.74, 6) is 1.66. The average Bonchev–Trinajstić information content (AvgIpc) is 3.11. The van der Waals surface area contributed by atoms with Crippen LogP contribution in [0.4, 0.5) is 4.79 Å². The van der Waals surface area contributed by atoms with E-state index >= 15 is 0 Å². The lowest BCUT2D eigenvalue weighted by atomic mass is 9.79. The van der Waals surface area contributed by atoms with Gasteiger partial charge < -0.3 is 25.1 Å². The Hall–Kier alpha value is -2.61. The van der Waals surface area contributed by atoms with Crippen molar-refractivity contribution in [3.63, 3.8) is 0 Å². The van der Waals surface area contributed by atoms with Crippen LogP contribution in [-0.2, 0) is 6.54 Å². The molecule has 0 radical (unpaired) electrons. The Balaban J connectivity index is 1.54. The van der Waals surface area contributed by atoms with Gasteiger partial charge in [0.1, 0.15) is 5.65 Å². The molecular weight excluding hydrogens is 406 g/mol. The first kappa shape index (κ1) is 22.6. The zero-order valence-electron chi connectivity index (χ0n) is 19.1. The van der Waals surface area contributed by atoms with Gasteiger partial charge in [0, 0.05) is 48.0 Å². The number of fused-ring (bicyclic) bond motifs is 1. The Kier molecular flexibility index (Phi) is 6.98. The Morgan fingerprint density at radius 3 is 2.56 bits per heavy atom. The van der Waals surface area contributed by atoms with E-state index in [1.165, 1.54) is 31.9 Å². The van der Waals surface area contributed by atoms with Crippen molar-refractivity contribution >= 4 is 23.3 Å². The van der Waals surface area contributed by atoms with Gasteiger partial charge in [-0.15, -0.1) is 0 Å². The smallest absolute Gasteiger partial charge is 0.404 e. The highest BCUT2D eigenvalue weighted by atomic mass is 16.4. The summed E-state index contributed by atoms with van der Waals surface area (Å²) in [6.45, 7) is 6.93. The lowest BCUT2D eigenvalue weighted by molar-refractivity contribution is 0.0888. The molecule has 0 atom stereocenters. The van der Waals surface area contributed by atoms with Gasteiger partial charge in [-0.2, -0.15) is 0 Å². The fourth-order valence-electron chi connectivity index (χ4n) is 5.79. The first-order valence-corrected chi connectivity index (χ1v) is 11.9. The molecule has 2 aromatic rings. The van der Waals surface area contributed by atoms with Gasteiger partial charge in [0.25, 0.3) is 0 Å². The maximum absolute atomic E-state index is 11.2. The number of amides is 1. The van der Waals surface area contributed by atoms with Crippen LogP contribution in [0, 0.1) is 11.8 Å². The predicted octanol–water partition coefficient (Wildman–Crippen LogP) is 4.46. The molecule has 1 aliphatic heterocycles. The number of carboxylic acid groups (broad SMARTS) is 1. The van der Waals surface area contributed by atoms with Crippen molar-refractivity contribution < 1.29 is 15.1 Å². The van der Waals surface area contributed by atoms with Crippen LogP contribution in [0.3, 0.4) is 0 Å². The van der Waals surface area contributed by atoms with Crippen molar-refractivity contribution in [1.82, 2.24) is 19.8 Å². The molecule has 32 heavy (non-hydrogen) atoms. The van der Waals surface area contributed by atoms with Crippen molar-refractivity contribution in [3.8, 4) is 0 Å². The summed E-state index contributed by atoms with van der Waals surface area (Å²) in [7, 11) is 0. The average molecular weight is 442 g/mol. The number of rotatable bonds is 6. The normalized spacial score (nSPS) is 23.3. The summed E-state index contributed by atoms with van der Waals surface area (Å²) in [6, 6.07) is 4.73. The van der Waals surface area contributed by atoms with E-state index in [4.69, 9.17) is 0 Å². The number of pyridine rings is 1. The molecule has 174 valence electrons. The van der Waals surface area contributed by atoms with Crippen LogP contribution in [-0.4, -0.2) is 56.2 Å². The van der Waals surface area contributed by atoms with E-state index in [-0.39, 0.29) is 12.6 Å². The monoisotopic (exact) mass is 441 g/mol. The number of nitrogens with zero attached hydrogens (tertiary/aromatic N) is 4. The molecule has 1 saturated carbocycles. The molecule has 2 fully saturated rings. The number of piperidine rings is 1. The van der Waals surface area contributed by atoms with Crippen LogP contribution in [0.5, 0.6) is 0 Å². The Bertz CT molecular complexity index is 954. The summed E-state index contributed by atoms with van der Waals surface area (Å²) in [4.78, 5) is 18.5. The summed E-state index contributed by atoms with van der Waals surface area (Å²) < 4.78 is 2.18. The largest absolute Gasteiger partial charge is 0.465 e. The fourth-order valence-corrected chi connectivity index (χ4v) is 5.79. The predicted molar refractivity (Wildman–Crippen MR) is 124 cm³/mol. The van der Waals surface area contributed by atoms with Gasteiger partial charge in [-0.3, -0.25) is 0 Å². The molecule has 4 rings (SSSR count). The van der Waals surface area contributed by atoms with E-state index in [0.29, 0.717) is 6.04 Å². The van der Waals surface area contributed by atoms with Crippen LogP contribution in [0.1, 0.15) is 69.7 Å². The Labute approximate surface area is 189 Å². The van der Waals surface area contributed by atoms with Gasteiger partial charge >= 0.3 is 6.09 Å². The molecule has 8 heteroatoms. The molecule has 2 aromatic heterocycles. The van der Waals surface area contributed by atoms with Crippen molar-refractivity contribution in [2.75, 3.05) is 13.1 Å². The van der Waals surface area contributed by atoms with Gasteiger partial charge in [-0.25, -0.2) is 9.78 Å². The summed E-state index contributed by atoms with van der Waals surface area (Å²) in [6.07, 6.45) is 9.34. The van der Waals surface area contributed by atoms with E-state index in [1.54, 1.807) is 6.20 Å². The third kappa shape index (κ3) is 4.60. The molecule has 1 amide bonds. The molecule has 2 aliphatic rings. The second kappa shape index (κ2) is 9.90. The molecular formula is C24H35N5O3. The lowest BCUT2D eigenvalue weighted by Gasteiger charge is -2.42. The molecule has 3 N–H and O–H groups in total. The maximum Gasteiger partial charge on any atom is 0.404 e. The second-order valence-electron chi connectivity index (χ2n) is 9.59. The number of hydrogen-bond donors (Lipinski definition) is 3. The van der Waals surface area contributed by atoms with Crippen LogP contribution < -0.4 is 5.32 Å². The standard InChI is InChI=1S/C24H35N5O3/c1-16(2)17-5-7-18(8-6-17)28-12-9-19(10-13-28)29-22(15-26-24(30)31)21(14-27-32)20-4-3-11-25-23(20)29/h3-4,11,14,16-19,26,32H,5-10,12-13,15H2,1-2H3,(H,30,31)/t17-,18+. The zero-order valence-corrected chi connectivity index (χ0v) is 19.1. The highest BCUT2D eigenvalue weighted by Gasteiger charge is 2.32. The molecule has 0 aromatic carbocycles. The SMILES string of the molecule is CC(C)[C@H]1CC[C@@H](N2CCC(n3c(CNC(=O)O)c(C=NO)c4cccnc43)CC2)CC1. The van der Waals surface area contributed by atoms with E-state index < -0.39 is 6.09 Å². The second-order valence-corrected chi connectivity index (χ2v) is 9.59. The van der Waals surface area contributed by atoms with Gasteiger partial charge in [0.2, 0.25) is 0 Å². The van der Waals surface area contributed by atoms with E-state index in [2.05, 4.69) is 38.8 Å². The van der Waals surface area contributed by atoms with E-state index in [9.17, 15) is 15.1 Å². The number of nitrogens with one attached hydrogen (secondary N) is 1. The number of aromatic nitrogens is 2. The molecule has 0 spiro atoms. The molecule has 1 saturated heterocycles. The van der Waals surface area contributed by atoms with Gasteiger partial charge in [-0.05, 0) is 62.5 Å². The summed E-state index contributed by atoms with van der Waals surface area (Å²) in [5.41, 5.74) is 2.34. The minimum atomic E-state index is -1.08. The van der Waals surface area contributed by atoms with Crippen molar-refractivity contribution in [2.45, 2.75) is 71.0 Å². The first-order valence-electron chi connectivity index (χ1n) is 11.9. The van der Waals surface area contributed by atoms with Crippen molar-refractivity contribution in [2.24, 2.45) is 17.0 Å². The highest BCUT2D eigenvalue weighted by Crippen LogP contribution is 2.36. The van der Waals surface area contributed by atoms with E-state index in [1.807, 2.05) is 12.1 Å². The number of likely N-dealkylation sites (tertiary alicyclic amines) is 1. The first-order chi connectivity index (χ1) is 15.5. The molecule has 0 unspecified atom stereocenters. The van der Waals surface area contributed by atoms with Gasteiger partial charge in [0.15, 0.2) is 0 Å². The molecule has 3 heterocycles. The van der Waals surface area contributed by atoms with Crippen LogP contribution >= 0.6 is 0 Å². The third-order valence-electron chi connectivity index (χ3n) is 7.57. The van der Waals surface area contributed by atoms with Gasteiger partial charge in [0.05, 0.1) is 12.8 Å². The lowest BCUT2D eigenvalue weighted by Crippen LogP contribution is -2.44. The van der Waals surface area contributed by atoms with E-state index in [0.717, 1.165) is 60.1 Å². The minimum absolute atomic E-state index is 0.145. The summed E-state index contributed by atoms with van der Waals surface area (Å²) >= 11 is 0. The maximum atomic E-state index is 11.2. The van der Waals surface area contributed by atoms with Crippen LogP contribution in [0.25, 0.3) is 11.0 Å². The number of hydrogen-bond acceptors (Lipinski definition) is 5. The topological polar surface area (TPSA) is 103 Å². The third-order valence-corrected chi connectivity index (χ3v) is 7.57. The minimum Gasteiger partial charge on any atom is -0.465 e. The zero-order chi connectivity index (χ0) is 22.7.